The van der Waals surface area contributed by atoms with Crippen LogP contribution in [0.2, 0.25) is 0 Å². The molecule has 0 aliphatic carbocycles. The quantitative estimate of drug-likeness (QED) is 0.818. The summed E-state index contributed by atoms with van der Waals surface area (Å²) in [7, 11) is 3.99. The molecule has 0 radical (unpaired) electrons. The molecule has 0 spiro atoms. The SMILES string of the molecule is CN(C)Cc1cnc(-n2cnc(CO)c2)nc1. The van der Waals surface area contributed by atoms with Crippen LogP contribution in [0.15, 0.2) is 24.9 Å². The number of imidazole rings is 1. The molecule has 90 valence electrons. The Kier molecular flexibility index (Phi) is 3.46. The zero-order chi connectivity index (χ0) is 12.3. The van der Waals surface area contributed by atoms with E-state index in [1.54, 1.807) is 29.5 Å². The van der Waals surface area contributed by atoms with E-state index in [0.717, 1.165) is 12.1 Å². The molecule has 0 atom stereocenters. The highest BCUT2D eigenvalue weighted by molar-refractivity contribution is 5.16. The van der Waals surface area contributed by atoms with Crippen molar-refractivity contribution in [1.29, 1.82) is 0 Å². The second-order valence-electron chi connectivity index (χ2n) is 4.06. The summed E-state index contributed by atoms with van der Waals surface area (Å²) in [6, 6.07) is 0. The van der Waals surface area contributed by atoms with Crippen molar-refractivity contribution in [1.82, 2.24) is 24.4 Å². The van der Waals surface area contributed by atoms with Gasteiger partial charge in [-0.2, -0.15) is 0 Å². The summed E-state index contributed by atoms with van der Waals surface area (Å²) >= 11 is 0. The minimum Gasteiger partial charge on any atom is -0.390 e. The van der Waals surface area contributed by atoms with Gasteiger partial charge >= 0.3 is 0 Å². The largest absolute Gasteiger partial charge is 0.390 e. The normalized spacial score (nSPS) is 11.1. The van der Waals surface area contributed by atoms with Crippen LogP contribution >= 0.6 is 0 Å². The second-order valence-corrected chi connectivity index (χ2v) is 4.06. The molecule has 0 saturated heterocycles. The van der Waals surface area contributed by atoms with Gasteiger partial charge in [0.2, 0.25) is 5.95 Å². The zero-order valence-corrected chi connectivity index (χ0v) is 9.91. The maximum atomic E-state index is 8.92. The van der Waals surface area contributed by atoms with E-state index in [1.165, 1.54) is 0 Å². The van der Waals surface area contributed by atoms with Crippen LogP contribution in [0.3, 0.4) is 0 Å². The number of hydrogen-bond acceptors (Lipinski definition) is 5. The Bertz CT molecular complexity index is 477. The summed E-state index contributed by atoms with van der Waals surface area (Å²) in [6.07, 6.45) is 6.88. The molecule has 2 aromatic rings. The smallest absolute Gasteiger partial charge is 0.234 e. The van der Waals surface area contributed by atoms with Gasteiger partial charge in [0.25, 0.3) is 0 Å². The van der Waals surface area contributed by atoms with Gasteiger partial charge in [-0.15, -0.1) is 0 Å². The van der Waals surface area contributed by atoms with E-state index in [4.69, 9.17) is 5.11 Å². The van der Waals surface area contributed by atoms with Gasteiger partial charge < -0.3 is 10.0 Å². The molecule has 0 amide bonds. The molecule has 0 unspecified atom stereocenters. The van der Waals surface area contributed by atoms with Gasteiger partial charge in [-0.1, -0.05) is 0 Å². The van der Waals surface area contributed by atoms with Gasteiger partial charge in [0.05, 0.1) is 12.3 Å². The minimum absolute atomic E-state index is 0.0777. The van der Waals surface area contributed by atoms with Crippen LogP contribution in [0, 0.1) is 0 Å². The average molecular weight is 233 g/mol. The fourth-order valence-electron chi connectivity index (χ4n) is 1.48. The molecular weight excluding hydrogens is 218 g/mol. The summed E-state index contributed by atoms with van der Waals surface area (Å²) in [5.41, 5.74) is 1.66. The molecule has 0 fully saturated rings. The Balaban J connectivity index is 2.17. The van der Waals surface area contributed by atoms with E-state index < -0.39 is 0 Å². The number of hydrogen-bond donors (Lipinski definition) is 1. The lowest BCUT2D eigenvalue weighted by atomic mass is 10.3. The third kappa shape index (κ3) is 2.86. The topological polar surface area (TPSA) is 67.1 Å². The maximum Gasteiger partial charge on any atom is 0.234 e. The zero-order valence-electron chi connectivity index (χ0n) is 9.91. The first kappa shape index (κ1) is 11.7. The van der Waals surface area contributed by atoms with Gasteiger partial charge in [0, 0.05) is 30.7 Å². The van der Waals surface area contributed by atoms with Crippen molar-refractivity contribution >= 4 is 0 Å². The number of nitrogens with zero attached hydrogens (tertiary/aromatic N) is 5. The van der Waals surface area contributed by atoms with E-state index in [9.17, 15) is 0 Å². The molecule has 6 nitrogen and oxygen atoms in total. The van der Waals surface area contributed by atoms with Crippen LogP contribution in [0.25, 0.3) is 5.95 Å². The molecule has 6 heteroatoms. The lowest BCUT2D eigenvalue weighted by molar-refractivity contribution is 0.277. The Morgan fingerprint density at radius 3 is 2.47 bits per heavy atom. The van der Waals surface area contributed by atoms with Crippen LogP contribution in [0.4, 0.5) is 0 Å². The average Bonchev–Trinajstić information content (AvgIpc) is 2.78. The first-order chi connectivity index (χ1) is 8.19. The molecule has 0 aromatic carbocycles. The molecule has 0 saturated carbocycles. The van der Waals surface area contributed by atoms with Gasteiger partial charge in [-0.05, 0) is 14.1 Å². The summed E-state index contributed by atoms with van der Waals surface area (Å²) in [5, 5.41) is 8.92. The highest BCUT2D eigenvalue weighted by Gasteiger charge is 2.03. The van der Waals surface area contributed by atoms with Gasteiger partial charge in [0.15, 0.2) is 0 Å². The molecule has 0 aliphatic heterocycles. The van der Waals surface area contributed by atoms with Crippen LogP contribution in [-0.2, 0) is 13.2 Å². The Hall–Kier alpha value is -1.79. The molecule has 1 N–H and O–H groups in total. The van der Waals surface area contributed by atoms with Crippen molar-refractivity contribution in [3.8, 4) is 5.95 Å². The highest BCUT2D eigenvalue weighted by atomic mass is 16.3. The van der Waals surface area contributed by atoms with E-state index in [-0.39, 0.29) is 6.61 Å². The fourth-order valence-corrected chi connectivity index (χ4v) is 1.48. The summed E-state index contributed by atoms with van der Waals surface area (Å²) in [5.74, 6) is 0.555. The molecule has 2 aromatic heterocycles. The molecule has 17 heavy (non-hydrogen) atoms. The summed E-state index contributed by atoms with van der Waals surface area (Å²) < 4.78 is 1.69. The van der Waals surface area contributed by atoms with Crippen molar-refractivity contribution in [2.75, 3.05) is 14.1 Å². The van der Waals surface area contributed by atoms with Gasteiger partial charge in [-0.3, -0.25) is 4.57 Å². The number of aliphatic hydroxyl groups excluding tert-OH is 1. The predicted octanol–water partition coefficient (Wildman–Crippen LogP) is 0.216. The van der Waals surface area contributed by atoms with E-state index in [1.807, 2.05) is 14.1 Å². The Morgan fingerprint density at radius 1 is 1.24 bits per heavy atom. The van der Waals surface area contributed by atoms with E-state index in [0.29, 0.717) is 11.6 Å². The van der Waals surface area contributed by atoms with Gasteiger partial charge in [-0.25, -0.2) is 15.0 Å². The lowest BCUT2D eigenvalue weighted by Crippen LogP contribution is -2.11. The second kappa shape index (κ2) is 5.03. The molecule has 0 aliphatic rings. The van der Waals surface area contributed by atoms with Crippen molar-refractivity contribution < 1.29 is 5.11 Å². The van der Waals surface area contributed by atoms with Crippen molar-refractivity contribution in [3.05, 3.63) is 36.2 Å². The van der Waals surface area contributed by atoms with Crippen molar-refractivity contribution in [2.45, 2.75) is 13.2 Å². The number of rotatable bonds is 4. The highest BCUT2D eigenvalue weighted by Crippen LogP contribution is 2.05. The lowest BCUT2D eigenvalue weighted by Gasteiger charge is -2.08. The third-order valence-corrected chi connectivity index (χ3v) is 2.22. The van der Waals surface area contributed by atoms with Gasteiger partial charge in [0.1, 0.15) is 6.33 Å². The van der Waals surface area contributed by atoms with Crippen LogP contribution < -0.4 is 0 Å². The van der Waals surface area contributed by atoms with Crippen LogP contribution in [0.1, 0.15) is 11.3 Å². The summed E-state index contributed by atoms with van der Waals surface area (Å²) in [6.45, 7) is 0.734. The van der Waals surface area contributed by atoms with E-state index >= 15 is 0 Å². The Labute approximate surface area is 99.6 Å². The third-order valence-electron chi connectivity index (χ3n) is 2.22. The Morgan fingerprint density at radius 2 is 1.94 bits per heavy atom. The standard InChI is InChI=1S/C11H15N5O/c1-15(2)5-9-3-12-11(13-4-9)16-6-10(7-17)14-8-16/h3-4,6,8,17H,5,7H2,1-2H3. The van der Waals surface area contributed by atoms with Crippen LogP contribution in [0.5, 0.6) is 0 Å². The maximum absolute atomic E-state index is 8.92. The first-order valence-corrected chi connectivity index (χ1v) is 5.29. The van der Waals surface area contributed by atoms with Crippen molar-refractivity contribution in [2.24, 2.45) is 0 Å². The van der Waals surface area contributed by atoms with Crippen molar-refractivity contribution in [3.63, 3.8) is 0 Å². The molecule has 2 heterocycles. The molecule has 0 bridgehead atoms. The number of aliphatic hydroxyl groups is 1. The monoisotopic (exact) mass is 233 g/mol. The summed E-state index contributed by atoms with van der Waals surface area (Å²) in [4.78, 5) is 14.6. The number of aromatic nitrogens is 4. The van der Waals surface area contributed by atoms with Crippen LogP contribution in [-0.4, -0.2) is 43.6 Å². The molecular formula is C11H15N5O. The minimum atomic E-state index is -0.0777. The fraction of sp³-hybridized carbons (Fsp3) is 0.364. The first-order valence-electron chi connectivity index (χ1n) is 5.29. The molecule has 2 rings (SSSR count). The van der Waals surface area contributed by atoms with E-state index in [2.05, 4.69) is 19.9 Å². The predicted molar refractivity (Wildman–Crippen MR) is 62.5 cm³/mol.